The van der Waals surface area contributed by atoms with Crippen molar-refractivity contribution in [2.45, 2.75) is 19.1 Å². The van der Waals surface area contributed by atoms with Crippen molar-refractivity contribution < 1.29 is 18.7 Å². The van der Waals surface area contributed by atoms with E-state index in [2.05, 4.69) is 5.32 Å². The van der Waals surface area contributed by atoms with E-state index in [0.717, 1.165) is 18.2 Å². The van der Waals surface area contributed by atoms with Crippen molar-refractivity contribution in [3.05, 3.63) is 35.4 Å². The molecule has 2 atom stereocenters. The second kappa shape index (κ2) is 5.70. The number of nitrogens with one attached hydrogen (secondary N) is 1. The van der Waals surface area contributed by atoms with Gasteiger partial charge in [-0.3, -0.25) is 4.79 Å². The van der Waals surface area contributed by atoms with Gasteiger partial charge < -0.3 is 16.2 Å². The number of benzene rings is 1. The fourth-order valence-electron chi connectivity index (χ4n) is 1.15. The van der Waals surface area contributed by atoms with E-state index in [1.54, 1.807) is 0 Å². The molecule has 1 rings (SSSR count). The van der Waals surface area contributed by atoms with Crippen molar-refractivity contribution in [1.29, 1.82) is 0 Å². The molecule has 4 nitrogen and oxygen atoms in total. The minimum absolute atomic E-state index is 0.0214. The number of amides is 1. The van der Waals surface area contributed by atoms with Gasteiger partial charge in [0.25, 0.3) is 5.91 Å². The van der Waals surface area contributed by atoms with Gasteiger partial charge in [-0.1, -0.05) is 0 Å². The SMILES string of the molecule is CC(O)C(N)CNC(=O)c1cc(F)ccc1F. The van der Waals surface area contributed by atoms with E-state index in [1.165, 1.54) is 6.92 Å². The molecule has 0 saturated heterocycles. The quantitative estimate of drug-likeness (QED) is 0.717. The van der Waals surface area contributed by atoms with E-state index in [-0.39, 0.29) is 12.1 Å². The second-order valence-electron chi connectivity index (χ2n) is 3.74. The molecule has 0 aromatic heterocycles. The number of hydrogen-bond acceptors (Lipinski definition) is 3. The summed E-state index contributed by atoms with van der Waals surface area (Å²) < 4.78 is 26.0. The highest BCUT2D eigenvalue weighted by Crippen LogP contribution is 2.09. The Bertz CT molecular complexity index is 410. The molecular formula is C11H14F2N2O2. The monoisotopic (exact) mass is 244 g/mol. The van der Waals surface area contributed by atoms with Crippen LogP contribution in [0.3, 0.4) is 0 Å². The summed E-state index contributed by atoms with van der Waals surface area (Å²) in [6.45, 7) is 1.45. The third-order valence-electron chi connectivity index (χ3n) is 2.29. The van der Waals surface area contributed by atoms with Gasteiger partial charge >= 0.3 is 0 Å². The number of hydrogen-bond donors (Lipinski definition) is 3. The van der Waals surface area contributed by atoms with E-state index >= 15 is 0 Å². The van der Waals surface area contributed by atoms with Gasteiger partial charge in [-0.05, 0) is 25.1 Å². The normalized spacial score (nSPS) is 14.2. The molecule has 0 heterocycles. The van der Waals surface area contributed by atoms with Crippen molar-refractivity contribution >= 4 is 5.91 Å². The molecule has 4 N–H and O–H groups in total. The number of nitrogens with two attached hydrogens (primary N) is 1. The first-order chi connectivity index (χ1) is 7.91. The molecule has 0 bridgehead atoms. The Hall–Kier alpha value is -1.53. The maximum Gasteiger partial charge on any atom is 0.254 e. The van der Waals surface area contributed by atoms with E-state index in [9.17, 15) is 13.6 Å². The van der Waals surface area contributed by atoms with Gasteiger partial charge in [-0.25, -0.2) is 8.78 Å². The molecule has 0 aliphatic heterocycles. The molecule has 0 radical (unpaired) electrons. The fraction of sp³-hybridized carbons (Fsp3) is 0.364. The molecule has 0 spiro atoms. The van der Waals surface area contributed by atoms with Gasteiger partial charge in [-0.15, -0.1) is 0 Å². The number of carbonyl (C=O) groups excluding carboxylic acids is 1. The highest BCUT2D eigenvalue weighted by Gasteiger charge is 2.15. The Morgan fingerprint density at radius 2 is 2.18 bits per heavy atom. The molecule has 0 fully saturated rings. The summed E-state index contributed by atoms with van der Waals surface area (Å²) in [6, 6.07) is 1.95. The topological polar surface area (TPSA) is 75.3 Å². The summed E-state index contributed by atoms with van der Waals surface area (Å²) in [5.41, 5.74) is 5.09. The average Bonchev–Trinajstić information content (AvgIpc) is 2.28. The lowest BCUT2D eigenvalue weighted by Crippen LogP contribution is -2.43. The first-order valence-electron chi connectivity index (χ1n) is 5.08. The molecule has 1 amide bonds. The van der Waals surface area contributed by atoms with Crippen LogP contribution in [0, 0.1) is 11.6 Å². The van der Waals surface area contributed by atoms with Gasteiger partial charge in [0.05, 0.1) is 11.7 Å². The Morgan fingerprint density at radius 1 is 1.53 bits per heavy atom. The molecule has 0 aliphatic rings. The Kier molecular flexibility index (Phi) is 4.53. The Morgan fingerprint density at radius 3 is 2.76 bits per heavy atom. The molecule has 1 aromatic rings. The molecule has 0 saturated carbocycles. The summed E-state index contributed by atoms with van der Waals surface area (Å²) in [7, 11) is 0. The van der Waals surface area contributed by atoms with Crippen LogP contribution in [-0.4, -0.2) is 29.7 Å². The maximum atomic E-state index is 13.2. The van der Waals surface area contributed by atoms with Crippen LogP contribution in [0.5, 0.6) is 0 Å². The lowest BCUT2D eigenvalue weighted by Gasteiger charge is -2.15. The summed E-state index contributed by atoms with van der Waals surface area (Å²) in [5.74, 6) is -2.27. The van der Waals surface area contributed by atoms with E-state index < -0.39 is 29.7 Å². The van der Waals surface area contributed by atoms with Crippen LogP contribution in [0.1, 0.15) is 17.3 Å². The molecule has 0 aliphatic carbocycles. The second-order valence-corrected chi connectivity index (χ2v) is 3.74. The van der Waals surface area contributed by atoms with E-state index in [4.69, 9.17) is 10.8 Å². The van der Waals surface area contributed by atoms with Crippen LogP contribution >= 0.6 is 0 Å². The lowest BCUT2D eigenvalue weighted by atomic mass is 10.1. The third kappa shape index (κ3) is 3.76. The highest BCUT2D eigenvalue weighted by molar-refractivity contribution is 5.94. The number of carbonyl (C=O) groups is 1. The number of aliphatic hydroxyl groups is 1. The molecule has 17 heavy (non-hydrogen) atoms. The first kappa shape index (κ1) is 13.5. The van der Waals surface area contributed by atoms with Gasteiger partial charge in [0.15, 0.2) is 0 Å². The van der Waals surface area contributed by atoms with Gasteiger partial charge in [0, 0.05) is 12.6 Å². The fourth-order valence-corrected chi connectivity index (χ4v) is 1.15. The highest BCUT2D eigenvalue weighted by atomic mass is 19.1. The van der Waals surface area contributed by atoms with Crippen LogP contribution in [0.15, 0.2) is 18.2 Å². The summed E-state index contributed by atoms with van der Waals surface area (Å²) in [5, 5.41) is 11.4. The number of aliphatic hydroxyl groups excluding tert-OH is 1. The molecule has 2 unspecified atom stereocenters. The Labute approximate surface area is 97.4 Å². The molecule has 1 aromatic carbocycles. The molecule has 94 valence electrons. The van der Waals surface area contributed by atoms with Crippen LogP contribution < -0.4 is 11.1 Å². The Balaban J connectivity index is 2.67. The van der Waals surface area contributed by atoms with Gasteiger partial charge in [0.1, 0.15) is 11.6 Å². The van der Waals surface area contributed by atoms with Crippen molar-refractivity contribution in [2.75, 3.05) is 6.54 Å². The van der Waals surface area contributed by atoms with Crippen molar-refractivity contribution in [1.82, 2.24) is 5.32 Å². The summed E-state index contributed by atoms with van der Waals surface area (Å²) in [4.78, 5) is 11.5. The third-order valence-corrected chi connectivity index (χ3v) is 2.29. The lowest BCUT2D eigenvalue weighted by molar-refractivity contribution is 0.0933. The zero-order valence-electron chi connectivity index (χ0n) is 9.28. The average molecular weight is 244 g/mol. The zero-order valence-corrected chi connectivity index (χ0v) is 9.28. The predicted octanol–water partition coefficient (Wildman–Crippen LogP) is 0.403. The summed E-state index contributed by atoms with van der Waals surface area (Å²) >= 11 is 0. The van der Waals surface area contributed by atoms with Crippen LogP contribution in [-0.2, 0) is 0 Å². The minimum Gasteiger partial charge on any atom is -0.392 e. The summed E-state index contributed by atoms with van der Waals surface area (Å²) in [6.07, 6.45) is -0.798. The first-order valence-corrected chi connectivity index (χ1v) is 5.08. The maximum absolute atomic E-state index is 13.2. The smallest absolute Gasteiger partial charge is 0.254 e. The molecular weight excluding hydrogens is 230 g/mol. The number of halogens is 2. The van der Waals surface area contributed by atoms with E-state index in [0.29, 0.717) is 0 Å². The molecule has 6 heteroatoms. The van der Waals surface area contributed by atoms with Gasteiger partial charge in [0.2, 0.25) is 0 Å². The standard InChI is InChI=1S/C11H14F2N2O2/c1-6(16)10(14)5-15-11(17)8-4-7(12)2-3-9(8)13/h2-4,6,10,16H,5,14H2,1H3,(H,15,17). The predicted molar refractivity (Wildman–Crippen MR) is 58.3 cm³/mol. The number of rotatable bonds is 4. The van der Waals surface area contributed by atoms with Crippen LogP contribution in [0.4, 0.5) is 8.78 Å². The minimum atomic E-state index is -0.811. The van der Waals surface area contributed by atoms with Gasteiger partial charge in [-0.2, -0.15) is 0 Å². The largest absolute Gasteiger partial charge is 0.392 e. The van der Waals surface area contributed by atoms with Crippen molar-refractivity contribution in [2.24, 2.45) is 5.73 Å². The van der Waals surface area contributed by atoms with Crippen LogP contribution in [0.2, 0.25) is 0 Å². The van der Waals surface area contributed by atoms with Crippen molar-refractivity contribution in [3.8, 4) is 0 Å². The zero-order chi connectivity index (χ0) is 13.0. The van der Waals surface area contributed by atoms with E-state index in [1.807, 2.05) is 0 Å². The van der Waals surface area contributed by atoms with Crippen LogP contribution in [0.25, 0.3) is 0 Å². The van der Waals surface area contributed by atoms with Crippen molar-refractivity contribution in [3.63, 3.8) is 0 Å².